The Bertz CT molecular complexity index is 599. The summed E-state index contributed by atoms with van der Waals surface area (Å²) in [5, 5.41) is 8.15. The maximum atomic E-state index is 7.47. The normalized spacial score (nSPS) is 10.1. The Morgan fingerprint density at radius 1 is 1.39 bits per heavy atom. The zero-order chi connectivity index (χ0) is 13.1. The van der Waals surface area contributed by atoms with Crippen LogP contribution in [0.3, 0.4) is 0 Å². The van der Waals surface area contributed by atoms with E-state index in [0.717, 1.165) is 5.56 Å². The van der Waals surface area contributed by atoms with Gasteiger partial charge in [0.1, 0.15) is 11.6 Å². The number of amidine groups is 1. The lowest BCUT2D eigenvalue weighted by atomic mass is 10.2. The SMILES string of the molecule is Cc1cc(Oc2cnccc2C(=N)N)ccc1Cl. The number of nitrogens with two attached hydrogens (primary N) is 1. The van der Waals surface area contributed by atoms with Crippen LogP contribution in [0.5, 0.6) is 11.5 Å². The average molecular weight is 262 g/mol. The van der Waals surface area contributed by atoms with Crippen molar-refractivity contribution in [1.29, 1.82) is 5.41 Å². The number of nitrogens with one attached hydrogen (secondary N) is 1. The highest BCUT2D eigenvalue weighted by Gasteiger charge is 2.08. The van der Waals surface area contributed by atoms with Gasteiger partial charge in [-0.05, 0) is 36.8 Å². The first-order valence-electron chi connectivity index (χ1n) is 5.30. The summed E-state index contributed by atoms with van der Waals surface area (Å²) >= 11 is 5.94. The molecule has 0 aliphatic heterocycles. The van der Waals surface area contributed by atoms with Gasteiger partial charge in [-0.3, -0.25) is 10.4 Å². The molecule has 0 unspecified atom stereocenters. The van der Waals surface area contributed by atoms with Gasteiger partial charge in [-0.2, -0.15) is 0 Å². The molecule has 92 valence electrons. The number of benzene rings is 1. The Morgan fingerprint density at radius 3 is 2.83 bits per heavy atom. The second-order valence-electron chi connectivity index (χ2n) is 3.80. The standard InChI is InChI=1S/C13H12ClN3O/c1-8-6-9(2-3-11(8)14)18-12-7-17-5-4-10(12)13(15)16/h2-7H,1H3,(H3,15,16). The number of hydrogen-bond acceptors (Lipinski definition) is 3. The van der Waals surface area contributed by atoms with Crippen LogP contribution in [0.15, 0.2) is 36.7 Å². The molecule has 0 saturated carbocycles. The number of rotatable bonds is 3. The second-order valence-corrected chi connectivity index (χ2v) is 4.21. The van der Waals surface area contributed by atoms with Gasteiger partial charge in [0.15, 0.2) is 5.75 Å². The van der Waals surface area contributed by atoms with Crippen LogP contribution < -0.4 is 10.5 Å². The van der Waals surface area contributed by atoms with Crippen molar-refractivity contribution in [3.8, 4) is 11.5 Å². The number of nitrogens with zero attached hydrogens (tertiary/aromatic N) is 1. The average Bonchev–Trinajstić information content (AvgIpc) is 2.34. The lowest BCUT2D eigenvalue weighted by molar-refractivity contribution is 0.478. The molecule has 0 aliphatic rings. The highest BCUT2D eigenvalue weighted by atomic mass is 35.5. The van der Waals surface area contributed by atoms with Crippen LogP contribution in [-0.2, 0) is 0 Å². The maximum Gasteiger partial charge on any atom is 0.156 e. The smallest absolute Gasteiger partial charge is 0.156 e. The molecule has 5 heteroatoms. The third kappa shape index (κ3) is 2.60. The summed E-state index contributed by atoms with van der Waals surface area (Å²) in [6, 6.07) is 6.97. The molecule has 0 aliphatic carbocycles. The number of aromatic nitrogens is 1. The molecule has 0 saturated heterocycles. The van der Waals surface area contributed by atoms with Crippen LogP contribution in [0.1, 0.15) is 11.1 Å². The monoisotopic (exact) mass is 261 g/mol. The predicted molar refractivity (Wildman–Crippen MR) is 71.5 cm³/mol. The van der Waals surface area contributed by atoms with Crippen LogP contribution in [-0.4, -0.2) is 10.8 Å². The first-order chi connectivity index (χ1) is 8.58. The predicted octanol–water partition coefficient (Wildman–Crippen LogP) is 3.12. The molecule has 3 N–H and O–H groups in total. The van der Waals surface area contributed by atoms with Gasteiger partial charge in [0.25, 0.3) is 0 Å². The number of pyridine rings is 1. The third-order valence-corrected chi connectivity index (χ3v) is 2.86. The van der Waals surface area contributed by atoms with Gasteiger partial charge in [0.05, 0.1) is 11.8 Å². The van der Waals surface area contributed by atoms with Crippen molar-refractivity contribution in [3.63, 3.8) is 0 Å². The minimum Gasteiger partial charge on any atom is -0.455 e. The van der Waals surface area contributed by atoms with Crippen molar-refractivity contribution in [3.05, 3.63) is 52.8 Å². The fourth-order valence-electron chi connectivity index (χ4n) is 1.49. The molecule has 1 heterocycles. The van der Waals surface area contributed by atoms with Crippen molar-refractivity contribution in [2.24, 2.45) is 5.73 Å². The zero-order valence-electron chi connectivity index (χ0n) is 9.77. The van der Waals surface area contributed by atoms with Crippen molar-refractivity contribution in [1.82, 2.24) is 4.98 Å². The lowest BCUT2D eigenvalue weighted by Crippen LogP contribution is -2.12. The van der Waals surface area contributed by atoms with Crippen LogP contribution in [0.4, 0.5) is 0 Å². The fourth-order valence-corrected chi connectivity index (χ4v) is 1.61. The highest BCUT2D eigenvalue weighted by molar-refractivity contribution is 6.31. The van der Waals surface area contributed by atoms with Gasteiger partial charge < -0.3 is 10.5 Å². The van der Waals surface area contributed by atoms with Gasteiger partial charge in [0.2, 0.25) is 0 Å². The molecule has 2 aromatic rings. The molecule has 0 fully saturated rings. The second kappa shape index (κ2) is 5.06. The molecular formula is C13H12ClN3O. The van der Waals surface area contributed by atoms with E-state index < -0.39 is 0 Å². The van der Waals surface area contributed by atoms with Crippen LogP contribution in [0, 0.1) is 12.3 Å². The van der Waals surface area contributed by atoms with E-state index in [9.17, 15) is 0 Å². The highest BCUT2D eigenvalue weighted by Crippen LogP contribution is 2.27. The molecule has 0 spiro atoms. The quantitative estimate of drug-likeness (QED) is 0.659. The van der Waals surface area contributed by atoms with E-state index in [1.54, 1.807) is 24.4 Å². The summed E-state index contributed by atoms with van der Waals surface area (Å²) in [6.07, 6.45) is 3.09. The van der Waals surface area contributed by atoms with E-state index in [0.29, 0.717) is 22.1 Å². The summed E-state index contributed by atoms with van der Waals surface area (Å²) < 4.78 is 5.66. The third-order valence-electron chi connectivity index (χ3n) is 2.43. The Hall–Kier alpha value is -2.07. The van der Waals surface area contributed by atoms with E-state index in [1.165, 1.54) is 6.20 Å². The minimum absolute atomic E-state index is 0.0573. The van der Waals surface area contributed by atoms with Crippen molar-refractivity contribution >= 4 is 17.4 Å². The summed E-state index contributed by atoms with van der Waals surface area (Å²) in [5.41, 5.74) is 6.91. The van der Waals surface area contributed by atoms with Crippen LogP contribution in [0.2, 0.25) is 5.02 Å². The van der Waals surface area contributed by atoms with E-state index in [4.69, 9.17) is 27.5 Å². The summed E-state index contributed by atoms with van der Waals surface area (Å²) in [5.74, 6) is 1.03. The van der Waals surface area contributed by atoms with Gasteiger partial charge >= 0.3 is 0 Å². The fraction of sp³-hybridized carbons (Fsp3) is 0.0769. The summed E-state index contributed by atoms with van der Waals surface area (Å²) in [7, 11) is 0. The largest absolute Gasteiger partial charge is 0.455 e. The van der Waals surface area contributed by atoms with E-state index in [1.807, 2.05) is 13.0 Å². The molecule has 18 heavy (non-hydrogen) atoms. The Kier molecular flexibility index (Phi) is 3.48. The number of ether oxygens (including phenoxy) is 1. The molecule has 1 aromatic heterocycles. The molecule has 0 radical (unpaired) electrons. The van der Waals surface area contributed by atoms with Gasteiger partial charge in [0, 0.05) is 11.2 Å². The molecule has 0 amide bonds. The van der Waals surface area contributed by atoms with Crippen molar-refractivity contribution < 1.29 is 4.74 Å². The lowest BCUT2D eigenvalue weighted by Gasteiger charge is -2.10. The number of aryl methyl sites for hydroxylation is 1. The Morgan fingerprint density at radius 2 is 2.17 bits per heavy atom. The van der Waals surface area contributed by atoms with Crippen LogP contribution in [0.25, 0.3) is 0 Å². The molecule has 0 atom stereocenters. The molecule has 2 rings (SSSR count). The van der Waals surface area contributed by atoms with Gasteiger partial charge in [-0.25, -0.2) is 0 Å². The van der Waals surface area contributed by atoms with Crippen molar-refractivity contribution in [2.75, 3.05) is 0 Å². The van der Waals surface area contributed by atoms with Gasteiger partial charge in [-0.1, -0.05) is 11.6 Å². The topological polar surface area (TPSA) is 72.0 Å². The van der Waals surface area contributed by atoms with Crippen LogP contribution >= 0.6 is 11.6 Å². The van der Waals surface area contributed by atoms with Gasteiger partial charge in [-0.15, -0.1) is 0 Å². The molecule has 4 nitrogen and oxygen atoms in total. The number of hydrogen-bond donors (Lipinski definition) is 2. The summed E-state index contributed by atoms with van der Waals surface area (Å²) in [4.78, 5) is 3.96. The zero-order valence-corrected chi connectivity index (χ0v) is 10.5. The minimum atomic E-state index is -0.0573. The van der Waals surface area contributed by atoms with E-state index in [-0.39, 0.29) is 5.84 Å². The Labute approximate surface area is 110 Å². The Balaban J connectivity index is 2.34. The molecular weight excluding hydrogens is 250 g/mol. The molecule has 0 bridgehead atoms. The number of nitrogen functional groups attached to an aromatic ring is 1. The maximum absolute atomic E-state index is 7.47. The molecule has 1 aromatic carbocycles. The number of halogens is 1. The first kappa shape index (κ1) is 12.4. The van der Waals surface area contributed by atoms with Crippen molar-refractivity contribution in [2.45, 2.75) is 6.92 Å². The van der Waals surface area contributed by atoms with E-state index in [2.05, 4.69) is 4.98 Å². The van der Waals surface area contributed by atoms with E-state index >= 15 is 0 Å². The first-order valence-corrected chi connectivity index (χ1v) is 5.68. The summed E-state index contributed by atoms with van der Waals surface area (Å²) in [6.45, 7) is 1.89.